The molecule has 0 spiro atoms. The largest absolute Gasteiger partial charge is 0.377 e. The lowest BCUT2D eigenvalue weighted by Gasteiger charge is -2.36. The van der Waals surface area contributed by atoms with Crippen LogP contribution >= 0.6 is 0 Å². The Kier molecular flexibility index (Phi) is 6.35. The van der Waals surface area contributed by atoms with E-state index in [-0.39, 0.29) is 5.60 Å². The number of hydrogen-bond acceptors (Lipinski definition) is 2. The summed E-state index contributed by atoms with van der Waals surface area (Å²) < 4.78 is 5.57. The fourth-order valence-corrected chi connectivity index (χ4v) is 1.64. The highest BCUT2D eigenvalue weighted by atomic mass is 16.5. The topological polar surface area (TPSA) is 21.3 Å². The van der Waals surface area contributed by atoms with Gasteiger partial charge in [-0.2, -0.15) is 0 Å². The zero-order chi connectivity index (χ0) is 10.3. The van der Waals surface area contributed by atoms with E-state index < -0.39 is 0 Å². The van der Waals surface area contributed by atoms with Crippen LogP contribution < -0.4 is 5.32 Å². The number of methoxy groups -OCH3 is 1. The summed E-state index contributed by atoms with van der Waals surface area (Å²) in [5, 5.41) is 3.54. The van der Waals surface area contributed by atoms with Crippen LogP contribution in [0.15, 0.2) is 0 Å². The van der Waals surface area contributed by atoms with Crippen LogP contribution in [0.25, 0.3) is 0 Å². The molecular weight excluding hydrogens is 162 g/mol. The second kappa shape index (κ2) is 6.39. The molecule has 0 aromatic heterocycles. The predicted molar refractivity (Wildman–Crippen MR) is 58.1 cm³/mol. The number of rotatable bonds is 7. The lowest BCUT2D eigenvalue weighted by atomic mass is 9.91. The summed E-state index contributed by atoms with van der Waals surface area (Å²) in [7, 11) is 1.81. The molecule has 1 N–H and O–H groups in total. The van der Waals surface area contributed by atoms with Gasteiger partial charge in [-0.15, -0.1) is 0 Å². The average molecular weight is 187 g/mol. The summed E-state index contributed by atoms with van der Waals surface area (Å²) >= 11 is 0. The van der Waals surface area contributed by atoms with Crippen LogP contribution in [0, 0.1) is 0 Å². The van der Waals surface area contributed by atoms with E-state index in [2.05, 4.69) is 33.0 Å². The molecule has 0 aromatic carbocycles. The van der Waals surface area contributed by atoms with Crippen LogP contribution in [0.1, 0.15) is 47.0 Å². The van der Waals surface area contributed by atoms with Crippen molar-refractivity contribution < 1.29 is 4.74 Å². The summed E-state index contributed by atoms with van der Waals surface area (Å²) in [6.07, 6.45) is 3.36. The van der Waals surface area contributed by atoms with Gasteiger partial charge in [0.05, 0.1) is 5.60 Å². The molecule has 2 nitrogen and oxygen atoms in total. The van der Waals surface area contributed by atoms with Crippen molar-refractivity contribution in [3.63, 3.8) is 0 Å². The SMILES string of the molecule is CCCNC(CC)C(C)(CC)OC. The first-order chi connectivity index (χ1) is 6.14. The molecule has 0 aliphatic heterocycles. The minimum absolute atomic E-state index is 0.0100. The molecule has 0 heterocycles. The van der Waals surface area contributed by atoms with E-state index in [4.69, 9.17) is 4.74 Å². The molecule has 0 aliphatic carbocycles. The third-order valence-electron chi connectivity index (χ3n) is 2.95. The Balaban J connectivity index is 4.16. The molecule has 0 aliphatic rings. The standard InChI is InChI=1S/C11H25NO/c1-6-9-12-10(7-2)11(4,8-3)13-5/h10,12H,6-9H2,1-5H3. The van der Waals surface area contributed by atoms with Crippen LogP contribution in [0.5, 0.6) is 0 Å². The van der Waals surface area contributed by atoms with Gasteiger partial charge in [0.1, 0.15) is 0 Å². The van der Waals surface area contributed by atoms with E-state index in [9.17, 15) is 0 Å². The van der Waals surface area contributed by atoms with Gasteiger partial charge in [0.15, 0.2) is 0 Å². The molecule has 0 bridgehead atoms. The van der Waals surface area contributed by atoms with Crippen molar-refractivity contribution >= 4 is 0 Å². The highest BCUT2D eigenvalue weighted by molar-refractivity contribution is 4.87. The van der Waals surface area contributed by atoms with Crippen molar-refractivity contribution in [2.24, 2.45) is 0 Å². The molecule has 2 atom stereocenters. The third-order valence-corrected chi connectivity index (χ3v) is 2.95. The molecule has 80 valence electrons. The Morgan fingerprint density at radius 3 is 2.23 bits per heavy atom. The fraction of sp³-hybridized carbons (Fsp3) is 1.00. The highest BCUT2D eigenvalue weighted by Gasteiger charge is 2.30. The van der Waals surface area contributed by atoms with Gasteiger partial charge < -0.3 is 10.1 Å². The molecule has 0 saturated carbocycles. The Bertz CT molecular complexity index is 121. The molecule has 2 heteroatoms. The summed E-state index contributed by atoms with van der Waals surface area (Å²) in [5.41, 5.74) is -0.0100. The molecule has 0 saturated heterocycles. The van der Waals surface area contributed by atoms with Crippen molar-refractivity contribution in [2.75, 3.05) is 13.7 Å². The normalized spacial score (nSPS) is 18.2. The van der Waals surface area contributed by atoms with Crippen LogP contribution in [0.3, 0.4) is 0 Å². The zero-order valence-corrected chi connectivity index (χ0v) is 9.81. The van der Waals surface area contributed by atoms with Gasteiger partial charge in [0.25, 0.3) is 0 Å². The molecule has 0 radical (unpaired) electrons. The molecule has 0 aromatic rings. The van der Waals surface area contributed by atoms with Gasteiger partial charge in [-0.1, -0.05) is 20.8 Å². The van der Waals surface area contributed by atoms with Crippen molar-refractivity contribution in [1.29, 1.82) is 0 Å². The van der Waals surface area contributed by atoms with E-state index >= 15 is 0 Å². The van der Waals surface area contributed by atoms with Gasteiger partial charge in [-0.3, -0.25) is 0 Å². The maximum atomic E-state index is 5.57. The lowest BCUT2D eigenvalue weighted by molar-refractivity contribution is -0.0297. The fourth-order valence-electron chi connectivity index (χ4n) is 1.64. The Labute approximate surface area is 83.1 Å². The molecule has 0 fully saturated rings. The summed E-state index contributed by atoms with van der Waals surface area (Å²) in [5.74, 6) is 0. The number of hydrogen-bond donors (Lipinski definition) is 1. The molecule has 2 unspecified atom stereocenters. The smallest absolute Gasteiger partial charge is 0.0800 e. The van der Waals surface area contributed by atoms with Crippen LogP contribution in [-0.4, -0.2) is 25.3 Å². The minimum atomic E-state index is -0.0100. The second-order valence-corrected chi connectivity index (χ2v) is 3.79. The maximum Gasteiger partial charge on any atom is 0.0800 e. The first-order valence-corrected chi connectivity index (χ1v) is 5.43. The van der Waals surface area contributed by atoms with E-state index in [1.165, 1.54) is 6.42 Å². The van der Waals surface area contributed by atoms with Crippen LogP contribution in [-0.2, 0) is 4.74 Å². The molecule has 0 rings (SSSR count). The quantitative estimate of drug-likeness (QED) is 0.661. The first kappa shape index (κ1) is 12.9. The first-order valence-electron chi connectivity index (χ1n) is 5.43. The molecular formula is C11H25NO. The Morgan fingerprint density at radius 2 is 1.92 bits per heavy atom. The van der Waals surface area contributed by atoms with Crippen molar-refractivity contribution in [3.8, 4) is 0 Å². The van der Waals surface area contributed by atoms with Gasteiger partial charge >= 0.3 is 0 Å². The molecule has 0 amide bonds. The lowest BCUT2D eigenvalue weighted by Crippen LogP contribution is -2.49. The maximum absolute atomic E-state index is 5.57. The Hall–Kier alpha value is -0.0800. The van der Waals surface area contributed by atoms with Crippen molar-refractivity contribution in [3.05, 3.63) is 0 Å². The average Bonchev–Trinajstić information content (AvgIpc) is 2.18. The van der Waals surface area contributed by atoms with Gasteiger partial charge in [0.2, 0.25) is 0 Å². The van der Waals surface area contributed by atoms with E-state index in [0.717, 1.165) is 19.4 Å². The molecule has 13 heavy (non-hydrogen) atoms. The van der Waals surface area contributed by atoms with Crippen LogP contribution in [0.4, 0.5) is 0 Å². The van der Waals surface area contributed by atoms with Gasteiger partial charge in [-0.05, 0) is 32.7 Å². The van der Waals surface area contributed by atoms with Crippen LogP contribution in [0.2, 0.25) is 0 Å². The van der Waals surface area contributed by atoms with E-state index in [0.29, 0.717) is 6.04 Å². The summed E-state index contributed by atoms with van der Waals surface area (Å²) in [4.78, 5) is 0. The predicted octanol–water partition coefficient (Wildman–Crippen LogP) is 2.58. The van der Waals surface area contributed by atoms with E-state index in [1.807, 2.05) is 0 Å². The monoisotopic (exact) mass is 187 g/mol. The van der Waals surface area contributed by atoms with E-state index in [1.54, 1.807) is 7.11 Å². The van der Waals surface area contributed by atoms with Gasteiger partial charge in [-0.25, -0.2) is 0 Å². The van der Waals surface area contributed by atoms with Crippen molar-refractivity contribution in [2.45, 2.75) is 58.6 Å². The number of ether oxygens (including phenoxy) is 1. The summed E-state index contributed by atoms with van der Waals surface area (Å²) in [6, 6.07) is 0.474. The second-order valence-electron chi connectivity index (χ2n) is 3.79. The third kappa shape index (κ3) is 3.65. The highest BCUT2D eigenvalue weighted by Crippen LogP contribution is 2.21. The van der Waals surface area contributed by atoms with Crippen molar-refractivity contribution in [1.82, 2.24) is 5.32 Å². The zero-order valence-electron chi connectivity index (χ0n) is 9.81. The van der Waals surface area contributed by atoms with Gasteiger partial charge in [0, 0.05) is 13.2 Å². The summed E-state index contributed by atoms with van der Waals surface area (Å²) in [6.45, 7) is 9.84. The minimum Gasteiger partial charge on any atom is -0.377 e. The number of nitrogens with one attached hydrogen (secondary N) is 1. The Morgan fingerprint density at radius 1 is 1.31 bits per heavy atom.